The van der Waals surface area contributed by atoms with Crippen LogP contribution in [-0.2, 0) is 16.0 Å². The van der Waals surface area contributed by atoms with E-state index in [-0.39, 0.29) is 5.78 Å². The summed E-state index contributed by atoms with van der Waals surface area (Å²) in [6.45, 7) is 6.93. The summed E-state index contributed by atoms with van der Waals surface area (Å²) >= 11 is 0. The highest BCUT2D eigenvalue weighted by atomic mass is 16.5. The summed E-state index contributed by atoms with van der Waals surface area (Å²) in [7, 11) is 0. The molecule has 0 spiro atoms. The average Bonchev–Trinajstić information content (AvgIpc) is 2.44. The van der Waals surface area contributed by atoms with Crippen molar-refractivity contribution in [3.63, 3.8) is 0 Å². The van der Waals surface area contributed by atoms with Gasteiger partial charge in [-0.1, -0.05) is 36.8 Å². The molecule has 0 atom stereocenters. The van der Waals surface area contributed by atoms with Gasteiger partial charge in [-0.05, 0) is 51.0 Å². The van der Waals surface area contributed by atoms with E-state index >= 15 is 0 Å². The maximum atomic E-state index is 12.7. The van der Waals surface area contributed by atoms with Crippen molar-refractivity contribution < 1.29 is 9.53 Å². The second-order valence-corrected chi connectivity index (χ2v) is 6.20. The molecule has 2 nitrogen and oxygen atoms in total. The summed E-state index contributed by atoms with van der Waals surface area (Å²) in [5.41, 5.74) is 1.80. The fourth-order valence-electron chi connectivity index (χ4n) is 3.06. The molecule has 0 heterocycles. The lowest BCUT2D eigenvalue weighted by atomic mass is 9.76. The van der Waals surface area contributed by atoms with Crippen molar-refractivity contribution in [3.8, 4) is 0 Å². The molecule has 20 heavy (non-hydrogen) atoms. The normalized spacial score (nSPS) is 26.4. The van der Waals surface area contributed by atoms with Gasteiger partial charge >= 0.3 is 0 Å². The smallest absolute Gasteiger partial charge is 0.168 e. The average molecular weight is 274 g/mol. The molecule has 2 rings (SSSR count). The van der Waals surface area contributed by atoms with Crippen molar-refractivity contribution in [3.05, 3.63) is 35.4 Å². The summed E-state index contributed by atoms with van der Waals surface area (Å²) in [6, 6.07) is 8.24. The van der Waals surface area contributed by atoms with E-state index in [1.54, 1.807) is 0 Å². The molecule has 0 radical (unpaired) electrons. The van der Waals surface area contributed by atoms with E-state index in [2.05, 4.69) is 38.1 Å². The van der Waals surface area contributed by atoms with Gasteiger partial charge in [-0.3, -0.25) is 4.79 Å². The molecule has 0 aromatic heterocycles. The van der Waals surface area contributed by atoms with Gasteiger partial charge in [0.05, 0.1) is 0 Å². The van der Waals surface area contributed by atoms with E-state index in [9.17, 15) is 4.79 Å². The molecule has 0 bridgehead atoms. The van der Waals surface area contributed by atoms with Crippen LogP contribution in [0.1, 0.15) is 50.7 Å². The number of ether oxygens (including phenoxy) is 1. The number of benzene rings is 1. The Balaban J connectivity index is 2.09. The molecular formula is C18H26O2. The van der Waals surface area contributed by atoms with E-state index < -0.39 is 5.60 Å². The van der Waals surface area contributed by atoms with Gasteiger partial charge in [0.2, 0.25) is 0 Å². The Kier molecular flexibility index (Phi) is 4.98. The minimum absolute atomic E-state index is 0.259. The molecule has 2 heteroatoms. The Morgan fingerprint density at radius 1 is 1.25 bits per heavy atom. The van der Waals surface area contributed by atoms with E-state index in [1.165, 1.54) is 5.56 Å². The lowest BCUT2D eigenvalue weighted by Crippen LogP contribution is -2.45. The number of rotatable bonds is 5. The van der Waals surface area contributed by atoms with Crippen LogP contribution >= 0.6 is 0 Å². The third-order valence-corrected chi connectivity index (χ3v) is 4.50. The summed E-state index contributed by atoms with van der Waals surface area (Å²) in [5.74, 6) is 0.978. The van der Waals surface area contributed by atoms with Crippen molar-refractivity contribution in [1.29, 1.82) is 0 Å². The fourth-order valence-corrected chi connectivity index (χ4v) is 3.06. The second-order valence-electron chi connectivity index (χ2n) is 6.20. The third-order valence-electron chi connectivity index (χ3n) is 4.50. The highest BCUT2D eigenvalue weighted by Gasteiger charge is 2.41. The van der Waals surface area contributed by atoms with Gasteiger partial charge in [0.25, 0.3) is 0 Å². The molecule has 1 fully saturated rings. The molecule has 0 unspecified atom stereocenters. The lowest BCUT2D eigenvalue weighted by molar-refractivity contribution is -0.149. The van der Waals surface area contributed by atoms with Crippen LogP contribution in [0.4, 0.5) is 0 Å². The summed E-state index contributed by atoms with van der Waals surface area (Å²) in [5, 5.41) is 0. The Morgan fingerprint density at radius 2 is 1.85 bits per heavy atom. The number of hydrogen-bond donors (Lipinski definition) is 0. The van der Waals surface area contributed by atoms with E-state index in [1.807, 2.05) is 6.92 Å². The molecule has 0 N–H and O–H groups in total. The fraction of sp³-hybridized carbons (Fsp3) is 0.611. The zero-order valence-corrected chi connectivity index (χ0v) is 12.9. The molecule has 1 aromatic rings. The largest absolute Gasteiger partial charge is 0.367 e. The number of carbonyl (C=O) groups is 1. The third kappa shape index (κ3) is 3.49. The predicted molar refractivity (Wildman–Crippen MR) is 81.9 cm³/mol. The molecule has 1 aromatic carbocycles. The molecule has 0 amide bonds. The van der Waals surface area contributed by atoms with Gasteiger partial charge < -0.3 is 4.74 Å². The van der Waals surface area contributed by atoms with Crippen molar-refractivity contribution in [2.45, 2.75) is 58.5 Å². The summed E-state index contributed by atoms with van der Waals surface area (Å²) in [6.07, 6.45) is 4.45. The van der Waals surface area contributed by atoms with Gasteiger partial charge in [0.15, 0.2) is 5.78 Å². The highest BCUT2D eigenvalue weighted by Crippen LogP contribution is 2.36. The van der Waals surface area contributed by atoms with Crippen LogP contribution in [0.3, 0.4) is 0 Å². The van der Waals surface area contributed by atoms with Crippen LogP contribution in [0, 0.1) is 12.8 Å². The van der Waals surface area contributed by atoms with E-state index in [0.29, 0.717) is 13.0 Å². The summed E-state index contributed by atoms with van der Waals surface area (Å²) < 4.78 is 5.93. The van der Waals surface area contributed by atoms with Crippen molar-refractivity contribution in [2.75, 3.05) is 6.61 Å². The highest BCUT2D eigenvalue weighted by molar-refractivity contribution is 5.89. The molecule has 0 saturated heterocycles. The number of ketones is 1. The first-order chi connectivity index (χ1) is 9.55. The number of Topliss-reactive ketones (excluding diaryl/α,β-unsaturated/α-hetero) is 1. The van der Waals surface area contributed by atoms with Crippen molar-refractivity contribution in [1.82, 2.24) is 0 Å². The molecule has 110 valence electrons. The zero-order valence-electron chi connectivity index (χ0n) is 12.9. The maximum absolute atomic E-state index is 12.7. The Morgan fingerprint density at radius 3 is 2.40 bits per heavy atom. The predicted octanol–water partition coefficient (Wildman–Crippen LogP) is 4.09. The minimum Gasteiger partial charge on any atom is -0.367 e. The van der Waals surface area contributed by atoms with Crippen LogP contribution in [0.5, 0.6) is 0 Å². The van der Waals surface area contributed by atoms with Gasteiger partial charge in [-0.2, -0.15) is 0 Å². The molecule has 0 aliphatic heterocycles. The van der Waals surface area contributed by atoms with Crippen LogP contribution in [0.15, 0.2) is 24.3 Å². The minimum atomic E-state index is -0.522. The monoisotopic (exact) mass is 274 g/mol. The quantitative estimate of drug-likeness (QED) is 0.808. The van der Waals surface area contributed by atoms with Crippen LogP contribution in [0.25, 0.3) is 0 Å². The second kappa shape index (κ2) is 6.53. The molecule has 1 aliphatic rings. The van der Waals surface area contributed by atoms with Gasteiger partial charge in [0, 0.05) is 13.0 Å². The molecule has 1 saturated carbocycles. The van der Waals surface area contributed by atoms with Crippen molar-refractivity contribution in [2.24, 2.45) is 5.92 Å². The number of aryl methyl sites for hydroxylation is 1. The van der Waals surface area contributed by atoms with E-state index in [0.717, 1.165) is 37.2 Å². The standard InChI is InChI=1S/C18H26O2/c1-4-20-18(11-9-15(3)10-12-18)17(19)13-16-7-5-14(2)6-8-16/h5-8,15H,4,9-13H2,1-3H3. The Hall–Kier alpha value is -1.15. The van der Waals surface area contributed by atoms with Crippen LogP contribution in [0.2, 0.25) is 0 Å². The Labute approximate surface area is 122 Å². The first-order valence-corrected chi connectivity index (χ1v) is 7.78. The first-order valence-electron chi connectivity index (χ1n) is 7.78. The zero-order chi connectivity index (χ0) is 14.6. The SMILES string of the molecule is CCOC1(C(=O)Cc2ccc(C)cc2)CCC(C)CC1. The molecule has 1 aliphatic carbocycles. The number of hydrogen-bond acceptors (Lipinski definition) is 2. The van der Waals surface area contributed by atoms with Gasteiger partial charge in [-0.15, -0.1) is 0 Å². The van der Waals surface area contributed by atoms with Crippen LogP contribution < -0.4 is 0 Å². The van der Waals surface area contributed by atoms with Gasteiger partial charge in [0.1, 0.15) is 5.60 Å². The van der Waals surface area contributed by atoms with Gasteiger partial charge in [-0.25, -0.2) is 0 Å². The van der Waals surface area contributed by atoms with Crippen LogP contribution in [-0.4, -0.2) is 18.0 Å². The summed E-state index contributed by atoms with van der Waals surface area (Å²) in [4.78, 5) is 12.7. The topological polar surface area (TPSA) is 26.3 Å². The lowest BCUT2D eigenvalue weighted by Gasteiger charge is -2.38. The first kappa shape index (κ1) is 15.2. The Bertz CT molecular complexity index is 439. The maximum Gasteiger partial charge on any atom is 0.168 e. The molecular weight excluding hydrogens is 248 g/mol. The van der Waals surface area contributed by atoms with Crippen molar-refractivity contribution >= 4 is 5.78 Å². The van der Waals surface area contributed by atoms with E-state index in [4.69, 9.17) is 4.74 Å². The number of carbonyl (C=O) groups excluding carboxylic acids is 1.